The third-order valence-electron chi connectivity index (χ3n) is 5.89. The van der Waals surface area contributed by atoms with Crippen molar-refractivity contribution in [2.24, 2.45) is 5.92 Å². The molecule has 0 radical (unpaired) electrons. The van der Waals surface area contributed by atoms with Gasteiger partial charge in [0, 0.05) is 0 Å². The number of benzene rings is 1. The molecule has 0 aromatic heterocycles. The van der Waals surface area contributed by atoms with Gasteiger partial charge in [-0.25, -0.2) is 4.79 Å². The normalized spacial score (nSPS) is 21.7. The number of halogens is 1. The quantitative estimate of drug-likeness (QED) is 0.371. The molecule has 0 spiro atoms. The SMILES string of the molecule is Cc1cc(C)c(C(=O)OC(C)C[N+](C)(C)C2CCC(C)CC2)c(C)c1.[I-]. The maximum atomic E-state index is 12.7. The Morgan fingerprint density at radius 1 is 1.12 bits per heavy atom. The van der Waals surface area contributed by atoms with Crippen molar-refractivity contribution < 1.29 is 38.0 Å². The van der Waals surface area contributed by atoms with E-state index in [1.807, 2.05) is 20.8 Å². The van der Waals surface area contributed by atoms with Crippen LogP contribution in [0.5, 0.6) is 0 Å². The maximum absolute atomic E-state index is 12.7. The highest BCUT2D eigenvalue weighted by molar-refractivity contribution is 5.92. The van der Waals surface area contributed by atoms with Gasteiger partial charge in [-0.1, -0.05) is 24.6 Å². The third-order valence-corrected chi connectivity index (χ3v) is 5.89. The van der Waals surface area contributed by atoms with E-state index in [9.17, 15) is 4.79 Å². The van der Waals surface area contributed by atoms with Gasteiger partial charge < -0.3 is 33.2 Å². The average molecular weight is 473 g/mol. The molecular weight excluding hydrogens is 437 g/mol. The fraction of sp³-hybridized carbons (Fsp3) is 0.682. The number of rotatable bonds is 5. The third kappa shape index (κ3) is 5.95. The molecular formula is C22H36INO2. The number of carbonyl (C=O) groups excluding carboxylic acids is 1. The van der Waals surface area contributed by atoms with Crippen molar-refractivity contribution >= 4 is 5.97 Å². The van der Waals surface area contributed by atoms with Crippen molar-refractivity contribution in [3.05, 3.63) is 34.4 Å². The largest absolute Gasteiger partial charge is 1.00 e. The lowest BCUT2D eigenvalue weighted by Crippen LogP contribution is -3.00. The number of aryl methyl sites for hydroxylation is 3. The van der Waals surface area contributed by atoms with Gasteiger partial charge in [-0.2, -0.15) is 0 Å². The summed E-state index contributed by atoms with van der Waals surface area (Å²) in [6, 6.07) is 4.79. The van der Waals surface area contributed by atoms with Crippen LogP contribution in [0.1, 0.15) is 66.6 Å². The molecule has 3 nitrogen and oxygen atoms in total. The van der Waals surface area contributed by atoms with Crippen LogP contribution in [0.15, 0.2) is 12.1 Å². The minimum atomic E-state index is -0.181. The van der Waals surface area contributed by atoms with Gasteiger partial charge in [0.2, 0.25) is 0 Å². The van der Waals surface area contributed by atoms with Crippen LogP contribution in [0, 0.1) is 26.7 Å². The van der Waals surface area contributed by atoms with E-state index in [4.69, 9.17) is 4.74 Å². The Kier molecular flexibility index (Phi) is 8.59. The van der Waals surface area contributed by atoms with E-state index >= 15 is 0 Å². The van der Waals surface area contributed by atoms with Gasteiger partial charge in [-0.05, 0) is 70.4 Å². The van der Waals surface area contributed by atoms with Crippen LogP contribution in [-0.4, -0.2) is 43.2 Å². The molecule has 1 aromatic rings. The van der Waals surface area contributed by atoms with E-state index in [-0.39, 0.29) is 36.0 Å². The van der Waals surface area contributed by atoms with Crippen LogP contribution in [0.3, 0.4) is 0 Å². The molecule has 1 saturated carbocycles. The number of ether oxygens (including phenoxy) is 1. The van der Waals surface area contributed by atoms with Gasteiger partial charge in [0.05, 0.1) is 25.7 Å². The first-order valence-corrected chi connectivity index (χ1v) is 9.71. The zero-order chi connectivity index (χ0) is 18.8. The second kappa shape index (κ2) is 9.54. The number of quaternary nitrogens is 1. The van der Waals surface area contributed by atoms with Gasteiger partial charge in [-0.3, -0.25) is 0 Å². The Bertz CT molecular complexity index is 596. The first-order valence-electron chi connectivity index (χ1n) is 9.71. The molecule has 2 rings (SSSR count). The second-order valence-electron chi connectivity index (χ2n) is 8.86. The predicted molar refractivity (Wildman–Crippen MR) is 104 cm³/mol. The van der Waals surface area contributed by atoms with Crippen molar-refractivity contribution in [1.29, 1.82) is 0 Å². The first-order chi connectivity index (χ1) is 11.6. The molecule has 148 valence electrons. The van der Waals surface area contributed by atoms with Crippen molar-refractivity contribution in [1.82, 2.24) is 0 Å². The zero-order valence-corrected chi connectivity index (χ0v) is 19.7. The number of hydrogen-bond acceptors (Lipinski definition) is 2. The van der Waals surface area contributed by atoms with Crippen molar-refractivity contribution in [2.45, 2.75) is 72.4 Å². The lowest BCUT2D eigenvalue weighted by Gasteiger charge is -2.42. The van der Waals surface area contributed by atoms with E-state index in [1.54, 1.807) is 0 Å². The topological polar surface area (TPSA) is 26.3 Å². The van der Waals surface area contributed by atoms with Gasteiger partial charge >= 0.3 is 5.97 Å². The fourth-order valence-electron chi connectivity index (χ4n) is 4.53. The molecule has 1 fully saturated rings. The van der Waals surface area contributed by atoms with Crippen molar-refractivity contribution in [3.8, 4) is 0 Å². The van der Waals surface area contributed by atoms with Crippen LogP contribution < -0.4 is 24.0 Å². The van der Waals surface area contributed by atoms with E-state index in [2.05, 4.69) is 40.1 Å². The van der Waals surface area contributed by atoms with Gasteiger partial charge in [0.25, 0.3) is 0 Å². The van der Waals surface area contributed by atoms with E-state index in [0.717, 1.165) is 33.6 Å². The molecule has 0 saturated heterocycles. The maximum Gasteiger partial charge on any atom is 0.339 e. The molecule has 1 aliphatic rings. The molecule has 0 bridgehead atoms. The molecule has 0 N–H and O–H groups in total. The Balaban J connectivity index is 0.00000338. The standard InChI is InChI=1S/C22H36NO2.HI/c1-15-8-10-20(11-9-15)23(6,7)14-19(5)25-22(24)21-17(3)12-16(2)13-18(21)4;/h12-13,15,19-20H,8-11,14H2,1-7H3;1H/q+1;/p-1. The number of hydrogen-bond donors (Lipinski definition) is 0. The molecule has 0 amide bonds. The molecule has 1 aromatic carbocycles. The Morgan fingerprint density at radius 3 is 2.12 bits per heavy atom. The van der Waals surface area contributed by atoms with Crippen LogP contribution in [0.4, 0.5) is 0 Å². The lowest BCUT2D eigenvalue weighted by atomic mass is 9.86. The summed E-state index contributed by atoms with van der Waals surface area (Å²) in [5.74, 6) is 0.679. The summed E-state index contributed by atoms with van der Waals surface area (Å²) < 4.78 is 6.77. The summed E-state index contributed by atoms with van der Waals surface area (Å²) in [5, 5.41) is 0. The molecule has 1 aliphatic carbocycles. The summed E-state index contributed by atoms with van der Waals surface area (Å²) in [4.78, 5) is 12.7. The zero-order valence-electron chi connectivity index (χ0n) is 17.6. The van der Waals surface area contributed by atoms with Gasteiger partial charge in [0.15, 0.2) is 0 Å². The summed E-state index contributed by atoms with van der Waals surface area (Å²) in [6.07, 6.45) is 5.13. The van der Waals surface area contributed by atoms with Gasteiger partial charge in [0.1, 0.15) is 12.6 Å². The minimum Gasteiger partial charge on any atom is -1.00 e. The number of likely N-dealkylation sites (N-methyl/N-ethyl adjacent to an activating group) is 1. The lowest BCUT2D eigenvalue weighted by molar-refractivity contribution is -0.919. The highest BCUT2D eigenvalue weighted by atomic mass is 127. The average Bonchev–Trinajstić information content (AvgIpc) is 2.45. The van der Waals surface area contributed by atoms with E-state index < -0.39 is 0 Å². The highest BCUT2D eigenvalue weighted by Gasteiger charge is 2.34. The van der Waals surface area contributed by atoms with Gasteiger partial charge in [-0.15, -0.1) is 0 Å². The van der Waals surface area contributed by atoms with Crippen molar-refractivity contribution in [3.63, 3.8) is 0 Å². The minimum absolute atomic E-state index is 0. The summed E-state index contributed by atoms with van der Waals surface area (Å²) in [6.45, 7) is 11.3. The second-order valence-corrected chi connectivity index (χ2v) is 8.86. The van der Waals surface area contributed by atoms with E-state index in [1.165, 1.54) is 31.2 Å². The Labute approximate surface area is 177 Å². The molecule has 4 heteroatoms. The molecule has 0 heterocycles. The monoisotopic (exact) mass is 473 g/mol. The number of carbonyl (C=O) groups is 1. The summed E-state index contributed by atoms with van der Waals surface area (Å²) >= 11 is 0. The number of esters is 1. The fourth-order valence-corrected chi connectivity index (χ4v) is 4.53. The molecule has 26 heavy (non-hydrogen) atoms. The Hall–Kier alpha value is -0.620. The molecule has 1 unspecified atom stereocenters. The smallest absolute Gasteiger partial charge is 0.339 e. The Morgan fingerprint density at radius 2 is 1.62 bits per heavy atom. The first kappa shape index (κ1) is 23.4. The highest BCUT2D eigenvalue weighted by Crippen LogP contribution is 2.30. The van der Waals surface area contributed by atoms with E-state index in [0.29, 0.717) is 6.04 Å². The van der Waals surface area contributed by atoms with Crippen LogP contribution in [0.2, 0.25) is 0 Å². The van der Waals surface area contributed by atoms with Crippen molar-refractivity contribution in [2.75, 3.05) is 20.6 Å². The predicted octanol–water partition coefficient (Wildman–Crippen LogP) is 1.82. The number of nitrogens with zero attached hydrogens (tertiary/aromatic N) is 1. The van der Waals surface area contributed by atoms with Crippen LogP contribution in [0.25, 0.3) is 0 Å². The molecule has 1 atom stereocenters. The van der Waals surface area contributed by atoms with Crippen LogP contribution >= 0.6 is 0 Å². The summed E-state index contributed by atoms with van der Waals surface area (Å²) in [7, 11) is 4.57. The van der Waals surface area contributed by atoms with Crippen LogP contribution in [-0.2, 0) is 4.74 Å². The molecule has 0 aliphatic heterocycles. The summed E-state index contributed by atoms with van der Waals surface area (Å²) in [5.41, 5.74) is 3.92.